The molecule has 0 bridgehead atoms. The maximum atomic E-state index is 13.8. The monoisotopic (exact) mass is 389 g/mol. The average molecular weight is 389 g/mol. The lowest BCUT2D eigenvalue weighted by molar-refractivity contribution is 0.618. The van der Waals surface area contributed by atoms with Crippen molar-refractivity contribution >= 4 is 33.4 Å². The van der Waals surface area contributed by atoms with E-state index in [4.69, 9.17) is 11.1 Å². The van der Waals surface area contributed by atoms with E-state index in [1.165, 1.54) is 12.1 Å². The molecule has 0 fully saturated rings. The summed E-state index contributed by atoms with van der Waals surface area (Å²) in [6.45, 7) is 5.61. The van der Waals surface area contributed by atoms with Crippen LogP contribution in [0.25, 0.3) is 16.6 Å². The molecule has 4 nitrogen and oxygen atoms in total. The molecule has 3 N–H and O–H groups in total. The third kappa shape index (κ3) is 3.16. The maximum absolute atomic E-state index is 13.8. The van der Waals surface area contributed by atoms with Crippen molar-refractivity contribution in [3.05, 3.63) is 53.0 Å². The highest BCUT2D eigenvalue weighted by molar-refractivity contribution is 7.84. The summed E-state index contributed by atoms with van der Waals surface area (Å²) in [5.74, 6) is -1.46. The van der Waals surface area contributed by atoms with Gasteiger partial charge < -0.3 is 10.3 Å². The Balaban J connectivity index is 2.54. The van der Waals surface area contributed by atoms with Crippen molar-refractivity contribution < 1.29 is 13.0 Å². The van der Waals surface area contributed by atoms with Gasteiger partial charge >= 0.3 is 0 Å². The lowest BCUT2D eigenvalue weighted by Crippen LogP contribution is -2.06. The minimum absolute atomic E-state index is 0.00355. The van der Waals surface area contributed by atoms with Crippen LogP contribution in [0.5, 0.6) is 0 Å². The fourth-order valence-corrected chi connectivity index (χ4v) is 4.49. The molecule has 0 saturated heterocycles. The second-order valence-electron chi connectivity index (χ2n) is 6.86. The van der Waals surface area contributed by atoms with Gasteiger partial charge in [-0.25, -0.2) is 4.39 Å². The van der Waals surface area contributed by atoms with Crippen LogP contribution in [0.3, 0.4) is 0 Å². The number of rotatable bonds is 4. The van der Waals surface area contributed by atoms with Gasteiger partial charge in [-0.2, -0.15) is 4.39 Å². The van der Waals surface area contributed by atoms with Gasteiger partial charge in [-0.1, -0.05) is 13.8 Å². The van der Waals surface area contributed by atoms with Crippen LogP contribution >= 0.6 is 0 Å². The zero-order valence-electron chi connectivity index (χ0n) is 15.6. The number of hydrogen-bond acceptors (Lipinski definition) is 3. The first kappa shape index (κ1) is 19.2. The zero-order valence-corrected chi connectivity index (χ0v) is 16.4. The molecule has 3 rings (SSSR count). The van der Waals surface area contributed by atoms with Crippen LogP contribution in [0.15, 0.2) is 35.2 Å². The summed E-state index contributed by atoms with van der Waals surface area (Å²) >= 11 is 0. The normalized spacial score (nSPS) is 12.7. The fourth-order valence-electron chi connectivity index (χ4n) is 3.40. The summed E-state index contributed by atoms with van der Waals surface area (Å²) in [6.07, 6.45) is 1.59. The van der Waals surface area contributed by atoms with Crippen molar-refractivity contribution in [3.8, 4) is 5.69 Å². The van der Waals surface area contributed by atoms with Crippen molar-refractivity contribution in [1.82, 2.24) is 4.57 Å². The Kier molecular flexibility index (Phi) is 4.90. The molecule has 1 atom stereocenters. The molecule has 0 aliphatic rings. The topological polar surface area (TPSA) is 71.9 Å². The number of aryl methyl sites for hydroxylation is 1. The molecule has 0 spiro atoms. The number of nitrogens with one attached hydrogen (secondary N) is 1. The summed E-state index contributed by atoms with van der Waals surface area (Å²) in [7, 11) is -1.32. The smallest absolute Gasteiger partial charge is 0.214 e. The molecular weight excluding hydrogens is 368 g/mol. The van der Waals surface area contributed by atoms with E-state index in [2.05, 4.69) is 0 Å². The van der Waals surface area contributed by atoms with Crippen molar-refractivity contribution in [2.24, 2.45) is 0 Å². The van der Waals surface area contributed by atoms with Crippen LogP contribution in [0.1, 0.15) is 36.6 Å². The number of nitrogens with zero attached hydrogens (tertiary/aromatic N) is 1. The molecule has 0 radical (unpaired) electrons. The van der Waals surface area contributed by atoms with E-state index in [1.807, 2.05) is 18.4 Å². The minimum Gasteiger partial charge on any atom is -0.398 e. The Labute approximate surface area is 159 Å². The first-order valence-electron chi connectivity index (χ1n) is 8.45. The number of nitrogens with two attached hydrogens (primary N) is 1. The van der Waals surface area contributed by atoms with Gasteiger partial charge in [0.1, 0.15) is 5.82 Å². The van der Waals surface area contributed by atoms with E-state index in [9.17, 15) is 13.0 Å². The van der Waals surface area contributed by atoms with Crippen molar-refractivity contribution in [1.29, 1.82) is 5.41 Å². The second-order valence-corrected chi connectivity index (χ2v) is 8.18. The third-order valence-corrected chi connectivity index (χ3v) is 5.60. The van der Waals surface area contributed by atoms with Crippen LogP contribution in [-0.2, 0) is 10.8 Å². The van der Waals surface area contributed by atoms with Crippen LogP contribution in [0.4, 0.5) is 14.5 Å². The van der Waals surface area contributed by atoms with Gasteiger partial charge in [-0.3, -0.25) is 9.62 Å². The maximum Gasteiger partial charge on any atom is 0.214 e. The van der Waals surface area contributed by atoms with Gasteiger partial charge in [-0.15, -0.1) is 0 Å². The number of nitrogen functional groups attached to an aromatic ring is 1. The predicted octanol–water partition coefficient (Wildman–Crippen LogP) is 4.82. The number of halogens is 2. The zero-order chi connectivity index (χ0) is 20.0. The third-order valence-electron chi connectivity index (χ3n) is 4.60. The van der Waals surface area contributed by atoms with E-state index in [0.717, 1.165) is 5.69 Å². The van der Waals surface area contributed by atoms with E-state index in [0.29, 0.717) is 27.0 Å². The molecule has 1 aromatic heterocycles. The standard InChI is InChI=1S/C20H21F2N3OS/c1-10(2)18-19(27(4)26)14-8-16(23)13(20(22)24)9-17(14)25(18)12-5-6-15(21)11(3)7-12/h5-10,24H,23H2,1-4H3. The Morgan fingerprint density at radius 2 is 1.93 bits per heavy atom. The Morgan fingerprint density at radius 1 is 1.26 bits per heavy atom. The number of aromatic nitrogens is 1. The number of anilines is 1. The summed E-state index contributed by atoms with van der Waals surface area (Å²) < 4.78 is 41.9. The van der Waals surface area contributed by atoms with Gasteiger partial charge in [0, 0.05) is 28.7 Å². The molecule has 2 aromatic carbocycles. The first-order valence-corrected chi connectivity index (χ1v) is 10.0. The van der Waals surface area contributed by atoms with Crippen molar-refractivity contribution in [2.45, 2.75) is 31.6 Å². The number of benzene rings is 2. The molecular formula is C20H21F2N3OS. The second kappa shape index (κ2) is 6.88. The van der Waals surface area contributed by atoms with Gasteiger partial charge in [0.25, 0.3) is 0 Å². The van der Waals surface area contributed by atoms with Crippen molar-refractivity contribution in [3.63, 3.8) is 0 Å². The number of hydrogen-bond donors (Lipinski definition) is 2. The molecule has 142 valence electrons. The van der Waals surface area contributed by atoms with Crippen LogP contribution < -0.4 is 5.73 Å². The largest absolute Gasteiger partial charge is 0.398 e. The molecule has 0 aliphatic carbocycles. The average Bonchev–Trinajstić information content (AvgIpc) is 2.90. The van der Waals surface area contributed by atoms with Crippen LogP contribution in [-0.4, -0.2) is 21.0 Å². The SMILES string of the molecule is Cc1cc(-n2c(C(C)C)c(S(C)=O)c3cc(N)c(C(=N)F)cc32)ccc1F. The Hall–Kier alpha value is -2.54. The van der Waals surface area contributed by atoms with Crippen LogP contribution in [0.2, 0.25) is 0 Å². The quantitative estimate of drug-likeness (QED) is 0.496. The van der Waals surface area contributed by atoms with E-state index >= 15 is 0 Å². The first-order chi connectivity index (χ1) is 12.6. The van der Waals surface area contributed by atoms with E-state index in [-0.39, 0.29) is 23.0 Å². The molecule has 0 saturated carbocycles. The van der Waals surface area contributed by atoms with Crippen molar-refractivity contribution in [2.75, 3.05) is 12.0 Å². The molecule has 1 unspecified atom stereocenters. The fraction of sp³-hybridized carbons (Fsp3) is 0.250. The highest BCUT2D eigenvalue weighted by Gasteiger charge is 2.25. The summed E-state index contributed by atoms with van der Waals surface area (Å²) in [4.78, 5) is 0.616. The van der Waals surface area contributed by atoms with Gasteiger partial charge in [0.2, 0.25) is 5.97 Å². The number of fused-ring (bicyclic) bond motifs is 1. The molecule has 27 heavy (non-hydrogen) atoms. The summed E-state index contributed by atoms with van der Waals surface area (Å²) in [5.41, 5.74) is 8.55. The highest BCUT2D eigenvalue weighted by atomic mass is 32.2. The summed E-state index contributed by atoms with van der Waals surface area (Å²) in [6, 6.07) is 7.76. The molecule has 0 aliphatic heterocycles. The summed E-state index contributed by atoms with van der Waals surface area (Å²) in [5, 5.41) is 8.00. The van der Waals surface area contributed by atoms with Crippen LogP contribution in [0, 0.1) is 18.2 Å². The predicted molar refractivity (Wildman–Crippen MR) is 107 cm³/mol. The van der Waals surface area contributed by atoms with Gasteiger partial charge in [0.15, 0.2) is 0 Å². The molecule has 3 aromatic rings. The Bertz CT molecular complexity index is 1100. The molecule has 0 amide bonds. The lowest BCUT2D eigenvalue weighted by atomic mass is 10.1. The van der Waals surface area contributed by atoms with E-state index in [1.54, 1.807) is 31.4 Å². The van der Waals surface area contributed by atoms with E-state index < -0.39 is 16.8 Å². The highest BCUT2D eigenvalue weighted by Crippen LogP contribution is 2.38. The molecule has 1 heterocycles. The Morgan fingerprint density at radius 3 is 2.44 bits per heavy atom. The lowest BCUT2D eigenvalue weighted by Gasteiger charge is -2.16. The molecule has 7 heteroatoms. The van der Waals surface area contributed by atoms with Gasteiger partial charge in [-0.05, 0) is 48.7 Å². The van der Waals surface area contributed by atoms with Gasteiger partial charge in [0.05, 0.1) is 26.8 Å². The minimum atomic E-state index is -1.32.